The van der Waals surface area contributed by atoms with Gasteiger partial charge in [0.1, 0.15) is 34.6 Å². The monoisotopic (exact) mass is 633 g/mol. The Labute approximate surface area is 249 Å². The number of nitrogens with zero attached hydrogens (tertiary/aromatic N) is 7. The van der Waals surface area contributed by atoms with E-state index in [0.29, 0.717) is 56.3 Å². The number of hydrogen-bond acceptors (Lipinski definition) is 9. The second-order valence-electron chi connectivity index (χ2n) is 11.0. The summed E-state index contributed by atoms with van der Waals surface area (Å²) in [5, 5.41) is 7.73. The van der Waals surface area contributed by atoms with Crippen molar-refractivity contribution in [1.82, 2.24) is 34.6 Å². The molecular formula is C28H28BrN9O4. The predicted molar refractivity (Wildman–Crippen MR) is 155 cm³/mol. The first-order chi connectivity index (χ1) is 20.0. The van der Waals surface area contributed by atoms with Crippen molar-refractivity contribution in [2.75, 3.05) is 12.4 Å². The number of methoxy groups -OCH3 is 1. The number of aromatic nitrogens is 6. The van der Waals surface area contributed by atoms with Crippen LogP contribution in [0.5, 0.6) is 5.75 Å². The number of anilines is 1. The third kappa shape index (κ3) is 4.85. The van der Waals surface area contributed by atoms with E-state index in [0.717, 1.165) is 6.42 Å². The number of likely N-dealkylation sites (tertiary alicyclic amines) is 1. The van der Waals surface area contributed by atoms with Gasteiger partial charge in [-0.3, -0.25) is 24.0 Å². The number of rotatable bonds is 7. The van der Waals surface area contributed by atoms with Crippen molar-refractivity contribution >= 4 is 50.4 Å². The molecule has 1 aliphatic heterocycles. The molecule has 0 unspecified atom stereocenters. The van der Waals surface area contributed by atoms with Gasteiger partial charge >= 0.3 is 0 Å². The number of ether oxygens (including phenoxy) is 1. The summed E-state index contributed by atoms with van der Waals surface area (Å²) in [7, 11) is 1.52. The number of halogens is 1. The maximum atomic E-state index is 13.9. The first-order valence-electron chi connectivity index (χ1n) is 13.3. The molecule has 216 valence electrons. The lowest BCUT2D eigenvalue weighted by Gasteiger charge is -2.27. The van der Waals surface area contributed by atoms with Gasteiger partial charge in [0.05, 0.1) is 24.0 Å². The molecule has 13 nitrogen and oxygen atoms in total. The van der Waals surface area contributed by atoms with Gasteiger partial charge in [-0.2, -0.15) is 5.10 Å². The molecule has 2 aliphatic rings. The summed E-state index contributed by atoms with van der Waals surface area (Å²) in [6.45, 7) is 5.44. The molecule has 3 amide bonds. The van der Waals surface area contributed by atoms with E-state index in [1.54, 1.807) is 49.3 Å². The molecule has 2 fully saturated rings. The number of aryl methyl sites for hydroxylation is 2. The fourth-order valence-electron chi connectivity index (χ4n) is 5.80. The Balaban J connectivity index is 1.31. The Morgan fingerprint density at radius 2 is 1.88 bits per heavy atom. The number of piperidine rings is 1. The lowest BCUT2D eigenvalue weighted by atomic mass is 10.0. The Bertz CT molecular complexity index is 1770. The lowest BCUT2D eigenvalue weighted by Crippen LogP contribution is -2.46. The van der Waals surface area contributed by atoms with Crippen molar-refractivity contribution < 1.29 is 19.1 Å². The molecule has 1 saturated heterocycles. The summed E-state index contributed by atoms with van der Waals surface area (Å²) >= 11 is 3.32. The van der Waals surface area contributed by atoms with Crippen LogP contribution in [0.15, 0.2) is 35.2 Å². The molecule has 6 rings (SSSR count). The smallest absolute Gasteiger partial charge is 0.269 e. The van der Waals surface area contributed by atoms with Gasteiger partial charge in [0, 0.05) is 41.5 Å². The van der Waals surface area contributed by atoms with Crippen molar-refractivity contribution in [2.45, 2.75) is 52.2 Å². The summed E-state index contributed by atoms with van der Waals surface area (Å²) in [6, 6.07) is 4.22. The number of primary amides is 1. The highest BCUT2D eigenvalue weighted by Crippen LogP contribution is 2.59. The molecule has 0 spiro atoms. The summed E-state index contributed by atoms with van der Waals surface area (Å²) in [5.41, 5.74) is 7.86. The number of nitrogens with one attached hydrogen (secondary N) is 1. The van der Waals surface area contributed by atoms with E-state index in [2.05, 4.69) is 53.2 Å². The summed E-state index contributed by atoms with van der Waals surface area (Å²) < 4.78 is 7.22. The van der Waals surface area contributed by atoms with Crippen LogP contribution in [0.1, 0.15) is 41.8 Å². The second kappa shape index (κ2) is 10.1. The minimum absolute atomic E-state index is 0.0271. The molecule has 3 atom stereocenters. The maximum Gasteiger partial charge on any atom is 0.269 e. The Morgan fingerprint density at radius 1 is 1.14 bits per heavy atom. The standard InChI is InChI=1S/C28H28BrN9O4/c1-13-25-17(7-18(33-13)15-10-31-14(2)32-11-15)24(26(30)40)36-37(25)12-23(39)38-19(8-28(3)9-20(28)38)27(41)35-22-6-16(42-4)5-21(29)34-22/h5-7,10-11,19-20H,8-9,12H2,1-4H3,(H2,30,40)(H,34,35,41)/t19-,20+,28-/m0/s1. The lowest BCUT2D eigenvalue weighted by molar-refractivity contribution is -0.138. The number of pyridine rings is 2. The van der Waals surface area contributed by atoms with Crippen molar-refractivity contribution in [3.8, 4) is 17.0 Å². The predicted octanol–water partition coefficient (Wildman–Crippen LogP) is 2.79. The third-order valence-electron chi connectivity index (χ3n) is 7.98. The zero-order chi connectivity index (χ0) is 29.9. The van der Waals surface area contributed by atoms with E-state index < -0.39 is 11.9 Å². The normalized spacial score (nSPS) is 20.8. The minimum Gasteiger partial charge on any atom is -0.497 e. The van der Waals surface area contributed by atoms with E-state index in [4.69, 9.17) is 10.5 Å². The molecule has 4 aromatic heterocycles. The Hall–Kier alpha value is -4.46. The highest BCUT2D eigenvalue weighted by atomic mass is 79.9. The van der Waals surface area contributed by atoms with Gasteiger partial charge in [0.15, 0.2) is 5.69 Å². The van der Waals surface area contributed by atoms with Crippen LogP contribution in [0.2, 0.25) is 0 Å². The van der Waals surface area contributed by atoms with Crippen molar-refractivity contribution in [1.29, 1.82) is 0 Å². The van der Waals surface area contributed by atoms with Gasteiger partial charge in [0.2, 0.25) is 11.8 Å². The zero-order valence-corrected chi connectivity index (χ0v) is 25.0. The number of carbonyl (C=O) groups is 3. The fraction of sp³-hybridized carbons (Fsp3) is 0.357. The molecule has 5 heterocycles. The van der Waals surface area contributed by atoms with Crippen LogP contribution >= 0.6 is 15.9 Å². The van der Waals surface area contributed by atoms with E-state index in [-0.39, 0.29) is 35.5 Å². The molecule has 1 saturated carbocycles. The average molecular weight is 634 g/mol. The summed E-state index contributed by atoms with van der Waals surface area (Å²) in [6.07, 6.45) is 4.63. The van der Waals surface area contributed by atoms with Gasteiger partial charge < -0.3 is 20.7 Å². The van der Waals surface area contributed by atoms with Crippen LogP contribution in [-0.2, 0) is 16.1 Å². The molecule has 1 aliphatic carbocycles. The van der Waals surface area contributed by atoms with Gasteiger partial charge in [0.25, 0.3) is 5.91 Å². The fourth-order valence-corrected chi connectivity index (χ4v) is 6.22. The molecular weight excluding hydrogens is 606 g/mol. The van der Waals surface area contributed by atoms with Crippen molar-refractivity contribution in [2.24, 2.45) is 11.1 Å². The van der Waals surface area contributed by atoms with Crippen LogP contribution in [-0.4, -0.2) is 71.5 Å². The van der Waals surface area contributed by atoms with Gasteiger partial charge in [-0.15, -0.1) is 0 Å². The average Bonchev–Trinajstić information content (AvgIpc) is 3.29. The van der Waals surface area contributed by atoms with E-state index in [1.165, 1.54) is 11.8 Å². The van der Waals surface area contributed by atoms with Gasteiger partial charge in [-0.25, -0.2) is 15.0 Å². The molecule has 0 bridgehead atoms. The Morgan fingerprint density at radius 3 is 2.57 bits per heavy atom. The highest BCUT2D eigenvalue weighted by Gasteiger charge is 2.64. The van der Waals surface area contributed by atoms with E-state index in [9.17, 15) is 14.4 Å². The highest BCUT2D eigenvalue weighted by molar-refractivity contribution is 9.10. The largest absolute Gasteiger partial charge is 0.497 e. The molecule has 0 radical (unpaired) electrons. The van der Waals surface area contributed by atoms with Crippen molar-refractivity contribution in [3.05, 3.63) is 52.4 Å². The van der Waals surface area contributed by atoms with Crippen LogP contribution < -0.4 is 15.8 Å². The molecule has 42 heavy (non-hydrogen) atoms. The van der Waals surface area contributed by atoms with E-state index in [1.807, 2.05) is 0 Å². The number of carbonyl (C=O) groups excluding carboxylic acids is 3. The third-order valence-corrected chi connectivity index (χ3v) is 8.38. The minimum atomic E-state index is -0.729. The quantitative estimate of drug-likeness (QED) is 0.290. The molecule has 0 aromatic carbocycles. The topological polar surface area (TPSA) is 171 Å². The van der Waals surface area contributed by atoms with Crippen LogP contribution in [0, 0.1) is 19.3 Å². The van der Waals surface area contributed by atoms with Crippen LogP contribution in [0.25, 0.3) is 22.2 Å². The number of hydrogen-bond donors (Lipinski definition) is 2. The summed E-state index contributed by atoms with van der Waals surface area (Å²) in [5.74, 6) is 0.0959. The van der Waals surface area contributed by atoms with Gasteiger partial charge in [-0.05, 0) is 54.1 Å². The van der Waals surface area contributed by atoms with Crippen LogP contribution in [0.3, 0.4) is 0 Å². The first-order valence-corrected chi connectivity index (χ1v) is 14.1. The number of fused-ring (bicyclic) bond motifs is 2. The SMILES string of the molecule is COc1cc(Br)nc(NC(=O)[C@@H]2C[C@@]3(C)C[C@H]3N2C(=O)Cn2nc(C(N)=O)c3cc(-c4cnc(C)nc4)nc(C)c32)c1. The van der Waals surface area contributed by atoms with Crippen molar-refractivity contribution in [3.63, 3.8) is 0 Å². The maximum absolute atomic E-state index is 13.9. The molecule has 14 heteroatoms. The molecule has 4 aromatic rings. The zero-order valence-electron chi connectivity index (χ0n) is 23.4. The van der Waals surface area contributed by atoms with Gasteiger partial charge in [-0.1, -0.05) is 6.92 Å². The number of amides is 3. The number of nitrogens with two attached hydrogens (primary N) is 1. The van der Waals surface area contributed by atoms with E-state index >= 15 is 0 Å². The summed E-state index contributed by atoms with van der Waals surface area (Å²) in [4.78, 5) is 58.8. The van der Waals surface area contributed by atoms with Crippen LogP contribution in [0.4, 0.5) is 5.82 Å². The Kier molecular flexibility index (Phi) is 6.67. The first kappa shape index (κ1) is 27.7. The second-order valence-corrected chi connectivity index (χ2v) is 11.8. The molecule has 3 N–H and O–H groups in total.